The molecule has 7 aromatic rings. The number of nitrogens with two attached hydrogens (primary N) is 2. The first-order valence-corrected chi connectivity index (χ1v) is 46.1. The summed E-state index contributed by atoms with van der Waals surface area (Å²) in [5, 5.41) is 69.9. The van der Waals surface area contributed by atoms with Crippen molar-refractivity contribution in [1.29, 1.82) is 21.0 Å². The van der Waals surface area contributed by atoms with Crippen LogP contribution in [-0.4, -0.2) is 152 Å². The molecule has 3 saturated heterocycles. The van der Waals surface area contributed by atoms with E-state index < -0.39 is 113 Å². The van der Waals surface area contributed by atoms with Gasteiger partial charge in [0.1, 0.15) is 102 Å². The van der Waals surface area contributed by atoms with Crippen molar-refractivity contribution < 1.29 is 93.5 Å². The fraction of sp³-hybridized carbons (Fsp3) is 0.609. The fourth-order valence-electron chi connectivity index (χ4n) is 15.0. The Hall–Kier alpha value is -7.73. The minimum Gasteiger partial charge on any atom is -0.402 e. The van der Waals surface area contributed by atoms with E-state index in [1.165, 1.54) is 199 Å². The van der Waals surface area contributed by atoms with Gasteiger partial charge in [0.15, 0.2) is 17.4 Å². The third kappa shape index (κ3) is 29.2. The summed E-state index contributed by atoms with van der Waals surface area (Å²) in [6.07, 6.45) is 27.3. The van der Waals surface area contributed by atoms with Crippen LogP contribution in [0.4, 0.5) is 20.4 Å². The summed E-state index contributed by atoms with van der Waals surface area (Å²) in [4.78, 5) is 18.5. The van der Waals surface area contributed by atoms with Gasteiger partial charge in [0, 0.05) is 13.2 Å². The minimum absolute atomic E-state index is 0.0143. The van der Waals surface area contributed by atoms with Crippen molar-refractivity contribution in [2.45, 2.75) is 287 Å². The number of halogens is 3. The first kappa shape index (κ1) is 98.1. The molecule has 122 heavy (non-hydrogen) atoms. The molecule has 4 aromatic heterocycles. The molecule has 0 bridgehead atoms. The molecule has 3 fully saturated rings. The SMILES string of the molecule is CCCCCCCCCCCCCCCCOC[C@H](COP(=O)(O)OC[C@H]1O[C@@](C#N)(c2ccc3c(N)ncnn23)[C@H](O)[C@@H]1O)OCc1cc(F)cc(C#N)c1.CCCCCCCCCCCCCCCCOC[C@H](COP(=O)(OC[C@H]1O[C@@](C#N)(c2ccc3c(N)ncnn23)[C@@H]2OC(C)(C)O[C@@H]21)Oc1ccccc1Cl)OCc1cc(F)cc(C#N)c1. The molecule has 35 heteroatoms. The predicted octanol–water partition coefficient (Wildman–Crippen LogP) is 17.3. The number of nitrogens with zero attached hydrogens (tertiary/aromatic N) is 10. The molecule has 7 heterocycles. The Bertz CT molecular complexity index is 4660. The number of ether oxygens (including phenoxy) is 8. The highest BCUT2D eigenvalue weighted by Crippen LogP contribution is 2.55. The van der Waals surface area contributed by atoms with E-state index in [-0.39, 0.29) is 72.3 Å². The van der Waals surface area contributed by atoms with Crippen molar-refractivity contribution in [3.05, 3.63) is 148 Å². The number of aliphatic hydroxyl groups is 2. The lowest BCUT2D eigenvalue weighted by atomic mass is 9.92. The van der Waals surface area contributed by atoms with E-state index in [0.29, 0.717) is 41.1 Å². The zero-order chi connectivity index (χ0) is 87.4. The lowest BCUT2D eigenvalue weighted by Gasteiger charge is -2.29. The molecule has 3 aliphatic heterocycles. The summed E-state index contributed by atoms with van der Waals surface area (Å²) in [6.45, 7) is 6.55. The van der Waals surface area contributed by atoms with Crippen molar-refractivity contribution in [3.8, 4) is 30.0 Å². The van der Waals surface area contributed by atoms with E-state index in [1.54, 1.807) is 44.2 Å². The van der Waals surface area contributed by atoms with E-state index in [9.17, 15) is 54.1 Å². The maximum atomic E-state index is 14.8. The summed E-state index contributed by atoms with van der Waals surface area (Å²) in [6, 6.07) is 28.4. The van der Waals surface area contributed by atoms with Crippen LogP contribution >= 0.6 is 27.2 Å². The Morgan fingerprint density at radius 2 is 0.975 bits per heavy atom. The molecule has 7 N–H and O–H groups in total. The van der Waals surface area contributed by atoms with Gasteiger partial charge in [0.05, 0.1) is 92.5 Å². The Balaban J connectivity index is 0.000000281. The maximum Gasteiger partial charge on any atom is 0.530 e. The van der Waals surface area contributed by atoms with Crippen LogP contribution in [0.3, 0.4) is 0 Å². The van der Waals surface area contributed by atoms with E-state index >= 15 is 0 Å². The summed E-state index contributed by atoms with van der Waals surface area (Å²) in [5.41, 5.74) is 10.3. The average Bonchev–Trinajstić information content (AvgIpc) is 1.54. The highest BCUT2D eigenvalue weighted by molar-refractivity contribution is 7.49. The van der Waals surface area contributed by atoms with Crippen LogP contribution in [0.25, 0.3) is 11.0 Å². The Morgan fingerprint density at radius 3 is 1.43 bits per heavy atom. The van der Waals surface area contributed by atoms with Crippen molar-refractivity contribution in [1.82, 2.24) is 29.2 Å². The van der Waals surface area contributed by atoms with Crippen LogP contribution in [0.5, 0.6) is 5.75 Å². The van der Waals surface area contributed by atoms with Gasteiger partial charge in [-0.15, -0.1) is 0 Å². The van der Waals surface area contributed by atoms with Gasteiger partial charge < -0.3 is 69.0 Å². The molecule has 666 valence electrons. The molecule has 30 nitrogen and oxygen atoms in total. The van der Waals surface area contributed by atoms with Gasteiger partial charge in [0.2, 0.25) is 11.2 Å². The topological polar surface area (TPSA) is 422 Å². The number of nitrogen functional groups attached to an aromatic ring is 2. The zero-order valence-corrected chi connectivity index (χ0v) is 72.9. The molecule has 3 aromatic carbocycles. The number of fused-ring (bicyclic) bond motifs is 3. The number of nitriles is 4. The predicted molar refractivity (Wildman–Crippen MR) is 450 cm³/mol. The molecule has 3 aliphatic rings. The fourth-order valence-corrected chi connectivity index (χ4v) is 17.3. The lowest BCUT2D eigenvalue weighted by molar-refractivity contribution is -0.204. The molecule has 0 saturated carbocycles. The second-order valence-corrected chi connectivity index (χ2v) is 35.0. The van der Waals surface area contributed by atoms with Gasteiger partial charge in [-0.05, 0) is 111 Å². The van der Waals surface area contributed by atoms with E-state index in [1.807, 2.05) is 18.2 Å². The molecule has 12 atom stereocenters. The monoisotopic (exact) mass is 1750 g/mol. The molecule has 0 aliphatic carbocycles. The Morgan fingerprint density at radius 1 is 0.541 bits per heavy atom. The van der Waals surface area contributed by atoms with Crippen molar-refractivity contribution in [3.63, 3.8) is 0 Å². The van der Waals surface area contributed by atoms with Crippen LogP contribution in [-0.2, 0) is 89.5 Å². The maximum absolute atomic E-state index is 14.8. The van der Waals surface area contributed by atoms with Crippen LogP contribution < -0.4 is 16.0 Å². The van der Waals surface area contributed by atoms with E-state index in [4.69, 9.17) is 83.6 Å². The average molecular weight is 1760 g/mol. The van der Waals surface area contributed by atoms with Crippen LogP contribution in [0.1, 0.15) is 241 Å². The Kier molecular flexibility index (Phi) is 40.1. The number of aromatic nitrogens is 6. The number of unbranched alkanes of at least 4 members (excludes halogenated alkanes) is 26. The number of rotatable bonds is 56. The number of aliphatic hydroxyl groups excluding tert-OH is 2. The molecule has 10 rings (SSSR count). The van der Waals surface area contributed by atoms with Gasteiger partial charge in [-0.1, -0.05) is 205 Å². The number of benzene rings is 3. The van der Waals surface area contributed by atoms with Crippen molar-refractivity contribution in [2.75, 3.05) is 64.3 Å². The van der Waals surface area contributed by atoms with Crippen molar-refractivity contribution in [2.24, 2.45) is 0 Å². The summed E-state index contributed by atoms with van der Waals surface area (Å²) in [7, 11) is -9.45. The van der Waals surface area contributed by atoms with Gasteiger partial charge in [-0.25, -0.2) is 36.9 Å². The standard InChI is InChI=1S/C48H63ClFN6O9P.C39H56FN6O9P/c1-4-5-6-7-8-9-10-11-12-13-14-15-16-19-24-58-30-38(59-29-36-25-35(28-51)26-37(50)27-36)31-60-66(57,65-41-21-18-17-20-39(41)49)61-32-42-44-45(64-47(2,3)63-44)48(33-52,62-42)43-23-22-40-46(53)54-34-55-56(40)43;1-2-3-4-5-6-7-8-9-10-11-12-13-14-15-18-51-24-32(52-23-30-19-29(22-41)20-31(40)21-30)25-53-56(49,50)54-26-34-36(47)37(48)39(27-42,55-34)35-17-16-33-38(43)44-28-45-46(33)35/h17-18,20-23,25-27,34,38,42,44-45H,4-16,19,24,29-32H2,1-3H3,(H2,53,54,55);16-17,19-21,28,32,34,36-37,47-48H,2-15,18,23-26H2,1H3,(H,49,50)(H2,43,44,45)/t38-,42-,44-,45-,48+,66?;32-,34-,36-,37-,39+/m11/s1. The normalized spacial score (nSPS) is 21.2. The summed E-state index contributed by atoms with van der Waals surface area (Å²) < 4.78 is 136. The van der Waals surface area contributed by atoms with Crippen molar-refractivity contribution >= 4 is 49.9 Å². The minimum atomic E-state index is -4.83. The summed E-state index contributed by atoms with van der Waals surface area (Å²) >= 11 is 6.46. The number of hydrogen-bond acceptors (Lipinski definition) is 27. The largest absolute Gasteiger partial charge is 0.530 e. The van der Waals surface area contributed by atoms with Crippen LogP contribution in [0, 0.1) is 57.0 Å². The first-order chi connectivity index (χ1) is 58.9. The first-order valence-electron chi connectivity index (χ1n) is 42.7. The molecular formula is C87H119ClF2N12O18P2. The second-order valence-electron chi connectivity index (χ2n) is 31.5. The molecular weight excluding hydrogens is 1640 g/mol. The molecule has 0 radical (unpaired) electrons. The quantitative estimate of drug-likeness (QED) is 0.0175. The van der Waals surface area contributed by atoms with Gasteiger partial charge >= 0.3 is 15.6 Å². The number of hydrogen-bond donors (Lipinski definition) is 5. The van der Waals surface area contributed by atoms with Crippen LogP contribution in [0.2, 0.25) is 5.02 Å². The van der Waals surface area contributed by atoms with E-state index in [2.05, 4.69) is 40.1 Å². The zero-order valence-electron chi connectivity index (χ0n) is 70.3. The molecule has 2 unspecified atom stereocenters. The summed E-state index contributed by atoms with van der Waals surface area (Å²) in [5.74, 6) is -2.00. The van der Waals surface area contributed by atoms with E-state index in [0.717, 1.165) is 57.0 Å². The number of para-hydroxylation sites is 1. The molecule has 0 spiro atoms. The smallest absolute Gasteiger partial charge is 0.402 e. The number of phosphoric acid groups is 2. The lowest BCUT2D eigenvalue weighted by Crippen LogP contribution is -2.41. The van der Waals surface area contributed by atoms with Crippen LogP contribution in [0.15, 0.2) is 97.6 Å². The van der Waals surface area contributed by atoms with Gasteiger partial charge in [-0.2, -0.15) is 31.2 Å². The van der Waals surface area contributed by atoms with Gasteiger partial charge in [-0.3, -0.25) is 18.1 Å². The molecule has 0 amide bonds. The highest BCUT2D eigenvalue weighted by Gasteiger charge is 2.66. The third-order valence-corrected chi connectivity index (χ3v) is 24.1. The number of phosphoric ester groups is 2. The number of anilines is 2. The second kappa shape index (κ2) is 49.8. The van der Waals surface area contributed by atoms with Gasteiger partial charge in [0.25, 0.3) is 0 Å². The highest BCUT2D eigenvalue weighted by atomic mass is 35.5. The third-order valence-electron chi connectivity index (χ3n) is 21.5. The Labute approximate surface area is 718 Å².